The Balaban J connectivity index is 1.59. The average Bonchev–Trinajstić information content (AvgIpc) is 2.90. The minimum absolute atomic E-state index is 0.526. The lowest BCUT2D eigenvalue weighted by molar-refractivity contribution is 0.134. The van der Waals surface area contributed by atoms with E-state index in [4.69, 9.17) is 0 Å². The van der Waals surface area contributed by atoms with Gasteiger partial charge in [-0.15, -0.1) is 0 Å². The number of rotatable bonds is 6. The summed E-state index contributed by atoms with van der Waals surface area (Å²) in [6.45, 7) is 8.66. The summed E-state index contributed by atoms with van der Waals surface area (Å²) in [5.74, 6) is 0.930. The molecule has 1 nitrogen and oxygen atoms in total. The van der Waals surface area contributed by atoms with Gasteiger partial charge in [0.05, 0.1) is 0 Å². The summed E-state index contributed by atoms with van der Waals surface area (Å²) < 4.78 is 0. The lowest BCUT2D eigenvalue weighted by Crippen LogP contribution is -2.43. The SMILES string of the molecule is CCCC(CCC)CN1CCC2(CCc3ccccc32)CC1. The van der Waals surface area contributed by atoms with Crippen LogP contribution in [0.3, 0.4) is 0 Å². The zero-order valence-electron chi connectivity index (χ0n) is 14.6. The van der Waals surface area contributed by atoms with Crippen LogP contribution < -0.4 is 0 Å². The normalized spacial score (nSPS) is 20.7. The highest BCUT2D eigenvalue weighted by atomic mass is 15.1. The van der Waals surface area contributed by atoms with E-state index in [-0.39, 0.29) is 0 Å². The monoisotopic (exact) mass is 299 g/mol. The van der Waals surface area contributed by atoms with Crippen molar-refractivity contribution in [2.45, 2.75) is 70.6 Å². The molecular formula is C21H33N. The lowest BCUT2D eigenvalue weighted by atomic mass is 9.73. The summed E-state index contributed by atoms with van der Waals surface area (Å²) in [6, 6.07) is 9.23. The highest BCUT2D eigenvalue weighted by Crippen LogP contribution is 2.46. The Hall–Kier alpha value is -0.820. The fourth-order valence-corrected chi connectivity index (χ4v) is 4.96. The van der Waals surface area contributed by atoms with Crippen LogP contribution >= 0.6 is 0 Å². The Bertz CT molecular complexity index is 465. The van der Waals surface area contributed by atoms with Gasteiger partial charge in [-0.1, -0.05) is 51.0 Å². The van der Waals surface area contributed by atoms with E-state index in [9.17, 15) is 0 Å². The minimum atomic E-state index is 0.526. The van der Waals surface area contributed by atoms with Crippen LogP contribution in [0.2, 0.25) is 0 Å². The molecule has 1 aliphatic carbocycles. The maximum absolute atomic E-state index is 2.77. The molecule has 1 heteroatoms. The molecule has 0 radical (unpaired) electrons. The van der Waals surface area contributed by atoms with Crippen molar-refractivity contribution in [3.63, 3.8) is 0 Å². The molecule has 22 heavy (non-hydrogen) atoms. The molecule has 1 heterocycles. The Kier molecular flexibility index (Phi) is 5.23. The van der Waals surface area contributed by atoms with Crippen LogP contribution in [-0.2, 0) is 11.8 Å². The van der Waals surface area contributed by atoms with E-state index in [1.54, 1.807) is 11.1 Å². The molecule has 0 unspecified atom stereocenters. The fourth-order valence-electron chi connectivity index (χ4n) is 4.96. The predicted octanol–water partition coefficient (Wildman–Crippen LogP) is 5.18. The van der Waals surface area contributed by atoms with E-state index in [0.717, 1.165) is 5.92 Å². The maximum Gasteiger partial charge on any atom is 0.000966 e. The molecule has 1 spiro atoms. The van der Waals surface area contributed by atoms with Gasteiger partial charge in [0, 0.05) is 6.54 Å². The Morgan fingerprint density at radius 1 is 1.00 bits per heavy atom. The van der Waals surface area contributed by atoms with Crippen molar-refractivity contribution in [2.24, 2.45) is 5.92 Å². The Labute approximate surface area is 137 Å². The summed E-state index contributed by atoms with van der Waals surface area (Å²) in [4.78, 5) is 2.77. The number of fused-ring (bicyclic) bond motifs is 2. The van der Waals surface area contributed by atoms with E-state index >= 15 is 0 Å². The molecule has 122 valence electrons. The van der Waals surface area contributed by atoms with Gasteiger partial charge in [0.25, 0.3) is 0 Å². The van der Waals surface area contributed by atoms with Crippen molar-refractivity contribution in [3.05, 3.63) is 35.4 Å². The van der Waals surface area contributed by atoms with E-state index in [1.165, 1.54) is 71.0 Å². The zero-order valence-corrected chi connectivity index (χ0v) is 14.6. The van der Waals surface area contributed by atoms with Crippen molar-refractivity contribution in [1.82, 2.24) is 4.90 Å². The van der Waals surface area contributed by atoms with Crippen molar-refractivity contribution < 1.29 is 0 Å². The molecule has 2 aliphatic rings. The summed E-state index contributed by atoms with van der Waals surface area (Å²) in [5, 5.41) is 0. The summed E-state index contributed by atoms with van der Waals surface area (Å²) in [6.07, 6.45) is 11.0. The van der Waals surface area contributed by atoms with Crippen LogP contribution in [0.15, 0.2) is 24.3 Å². The van der Waals surface area contributed by atoms with Crippen LogP contribution in [0.25, 0.3) is 0 Å². The highest BCUT2D eigenvalue weighted by Gasteiger charge is 2.40. The summed E-state index contributed by atoms with van der Waals surface area (Å²) in [5.41, 5.74) is 3.84. The molecule has 1 fully saturated rings. The number of aryl methyl sites for hydroxylation is 1. The number of hydrogen-bond donors (Lipinski definition) is 0. The molecular weight excluding hydrogens is 266 g/mol. The molecule has 0 atom stereocenters. The first-order valence-electron chi connectivity index (χ1n) is 9.58. The van der Waals surface area contributed by atoms with Crippen LogP contribution in [-0.4, -0.2) is 24.5 Å². The van der Waals surface area contributed by atoms with Gasteiger partial charge in [0.2, 0.25) is 0 Å². The zero-order chi connectivity index (χ0) is 15.4. The van der Waals surface area contributed by atoms with E-state index in [0.29, 0.717) is 5.41 Å². The van der Waals surface area contributed by atoms with Gasteiger partial charge in [-0.05, 0) is 74.1 Å². The van der Waals surface area contributed by atoms with Gasteiger partial charge in [0.1, 0.15) is 0 Å². The van der Waals surface area contributed by atoms with Gasteiger partial charge >= 0.3 is 0 Å². The molecule has 1 aromatic rings. The highest BCUT2D eigenvalue weighted by molar-refractivity contribution is 5.39. The topological polar surface area (TPSA) is 3.24 Å². The smallest absolute Gasteiger partial charge is 0.000966 e. The molecule has 0 amide bonds. The number of likely N-dealkylation sites (tertiary alicyclic amines) is 1. The average molecular weight is 300 g/mol. The second kappa shape index (κ2) is 7.17. The van der Waals surface area contributed by atoms with Gasteiger partial charge in [-0.2, -0.15) is 0 Å². The number of hydrogen-bond acceptors (Lipinski definition) is 1. The molecule has 0 saturated carbocycles. The molecule has 1 aliphatic heterocycles. The number of piperidine rings is 1. The van der Waals surface area contributed by atoms with Crippen LogP contribution in [0.1, 0.15) is 69.9 Å². The van der Waals surface area contributed by atoms with E-state index in [1.807, 2.05) is 0 Å². The van der Waals surface area contributed by atoms with Gasteiger partial charge in [-0.3, -0.25) is 0 Å². The largest absolute Gasteiger partial charge is 0.303 e. The summed E-state index contributed by atoms with van der Waals surface area (Å²) in [7, 11) is 0. The van der Waals surface area contributed by atoms with Crippen LogP contribution in [0.4, 0.5) is 0 Å². The van der Waals surface area contributed by atoms with Crippen LogP contribution in [0.5, 0.6) is 0 Å². The molecule has 0 N–H and O–H groups in total. The third-order valence-corrected chi connectivity index (χ3v) is 6.19. The Morgan fingerprint density at radius 3 is 2.36 bits per heavy atom. The first kappa shape index (κ1) is 16.1. The lowest BCUT2D eigenvalue weighted by Gasteiger charge is -2.41. The first-order chi connectivity index (χ1) is 10.8. The predicted molar refractivity (Wildman–Crippen MR) is 95.4 cm³/mol. The Morgan fingerprint density at radius 2 is 1.68 bits per heavy atom. The molecule has 3 rings (SSSR count). The van der Waals surface area contributed by atoms with Crippen molar-refractivity contribution in [3.8, 4) is 0 Å². The van der Waals surface area contributed by atoms with Crippen molar-refractivity contribution in [1.29, 1.82) is 0 Å². The van der Waals surface area contributed by atoms with Crippen molar-refractivity contribution in [2.75, 3.05) is 19.6 Å². The third kappa shape index (κ3) is 3.25. The molecule has 0 aromatic heterocycles. The first-order valence-corrected chi connectivity index (χ1v) is 9.58. The molecule has 1 aromatic carbocycles. The van der Waals surface area contributed by atoms with E-state index in [2.05, 4.69) is 43.0 Å². The summed E-state index contributed by atoms with van der Waals surface area (Å²) >= 11 is 0. The second-order valence-electron chi connectivity index (χ2n) is 7.68. The quantitative estimate of drug-likeness (QED) is 0.699. The molecule has 1 saturated heterocycles. The fraction of sp³-hybridized carbons (Fsp3) is 0.714. The minimum Gasteiger partial charge on any atom is -0.303 e. The second-order valence-corrected chi connectivity index (χ2v) is 7.68. The van der Waals surface area contributed by atoms with E-state index < -0.39 is 0 Å². The van der Waals surface area contributed by atoms with Crippen LogP contribution in [0, 0.1) is 5.92 Å². The standard InChI is InChI=1S/C21H33N/c1-3-7-18(8-4-2)17-22-15-13-21(14-16-22)12-11-19-9-5-6-10-20(19)21/h5-6,9-10,18H,3-4,7-8,11-17H2,1-2H3. The maximum atomic E-state index is 2.77. The number of nitrogens with zero attached hydrogens (tertiary/aromatic N) is 1. The molecule has 0 bridgehead atoms. The van der Waals surface area contributed by atoms with Gasteiger partial charge in [0.15, 0.2) is 0 Å². The van der Waals surface area contributed by atoms with Gasteiger partial charge < -0.3 is 4.90 Å². The van der Waals surface area contributed by atoms with Crippen molar-refractivity contribution >= 4 is 0 Å². The third-order valence-electron chi connectivity index (χ3n) is 6.19. The number of benzene rings is 1. The van der Waals surface area contributed by atoms with Gasteiger partial charge in [-0.25, -0.2) is 0 Å².